The second kappa shape index (κ2) is 20.8. The highest BCUT2D eigenvalue weighted by Gasteiger charge is 2.32. The Kier molecular flexibility index (Phi) is 20.2. The van der Waals surface area contributed by atoms with Gasteiger partial charge in [-0.05, 0) is 19.8 Å². The van der Waals surface area contributed by atoms with Crippen molar-refractivity contribution in [2.45, 2.75) is 155 Å². The van der Waals surface area contributed by atoms with Gasteiger partial charge in [-0.15, -0.1) is 4.65 Å². The highest BCUT2D eigenvalue weighted by Crippen LogP contribution is 2.23. The molecule has 0 aromatic heterocycles. The Morgan fingerprint density at radius 1 is 0.656 bits per heavy atom. The first-order valence-electron chi connectivity index (χ1n) is 14.1. The van der Waals surface area contributed by atoms with Crippen LogP contribution in [0.4, 0.5) is 0 Å². The number of nitrogens with zero attached hydrogens (tertiary/aromatic N) is 1. The van der Waals surface area contributed by atoms with E-state index in [9.17, 15) is 4.79 Å². The van der Waals surface area contributed by atoms with Gasteiger partial charge in [0.15, 0.2) is 0 Å². The second-order valence-corrected chi connectivity index (χ2v) is 10.5. The molecule has 0 amide bonds. The van der Waals surface area contributed by atoms with Crippen molar-refractivity contribution in [3.05, 3.63) is 12.2 Å². The molecule has 0 bridgehead atoms. The number of carbonyl (C=O) groups is 1. The number of quaternary nitrogens is 1. The number of hydrogen-bond acceptors (Lipinski definition) is 2. The molecule has 0 radical (unpaired) electrons. The van der Waals surface area contributed by atoms with Crippen molar-refractivity contribution >= 4 is 5.97 Å². The fourth-order valence-corrected chi connectivity index (χ4v) is 4.51. The fraction of sp³-hybridized carbons (Fsp3) is 0.897. The van der Waals surface area contributed by atoms with Crippen LogP contribution in [0.15, 0.2) is 12.2 Å². The average molecular weight is 453 g/mol. The Hall–Kier alpha value is -0.830. The predicted molar refractivity (Wildman–Crippen MR) is 140 cm³/mol. The van der Waals surface area contributed by atoms with Crippen LogP contribution in [0.1, 0.15) is 149 Å². The summed E-state index contributed by atoms with van der Waals surface area (Å²) in [6.07, 6.45) is 26.6. The normalized spacial score (nSPS) is 11.8. The van der Waals surface area contributed by atoms with E-state index in [4.69, 9.17) is 4.84 Å². The quantitative estimate of drug-likeness (QED) is 0.0668. The maximum atomic E-state index is 12.2. The molecule has 0 heterocycles. The minimum Gasteiger partial charge on any atom is -0.272 e. The van der Waals surface area contributed by atoms with E-state index in [1.807, 2.05) is 14.1 Å². The number of unbranched alkanes of at least 4 members (excludes halogenated alkanes) is 16. The van der Waals surface area contributed by atoms with E-state index in [0.717, 1.165) is 12.8 Å². The zero-order valence-corrected chi connectivity index (χ0v) is 22.7. The standard InChI is InChI=1S/C29H58NO2/c1-7-9-11-13-15-17-19-21-23-25-28(30(5,6)32-29(31)27(3)4)26-24-22-20-18-16-14-12-10-8-2/h28H,3,7-26H2,1-2,4-6H3/q+1. The number of hydroxylamine groups is 3. The van der Waals surface area contributed by atoms with Crippen molar-refractivity contribution in [1.82, 2.24) is 0 Å². The minimum atomic E-state index is -0.265. The van der Waals surface area contributed by atoms with Crippen LogP contribution in [-0.2, 0) is 9.63 Å². The van der Waals surface area contributed by atoms with E-state index in [2.05, 4.69) is 20.4 Å². The summed E-state index contributed by atoms with van der Waals surface area (Å²) in [4.78, 5) is 18.0. The van der Waals surface area contributed by atoms with E-state index in [1.54, 1.807) is 6.92 Å². The number of hydrogen-bond donors (Lipinski definition) is 0. The van der Waals surface area contributed by atoms with E-state index in [-0.39, 0.29) is 5.97 Å². The van der Waals surface area contributed by atoms with Crippen LogP contribution in [0.5, 0.6) is 0 Å². The molecule has 0 aliphatic rings. The topological polar surface area (TPSA) is 26.3 Å². The lowest BCUT2D eigenvalue weighted by molar-refractivity contribution is -1.08. The zero-order valence-electron chi connectivity index (χ0n) is 22.7. The van der Waals surface area contributed by atoms with E-state index >= 15 is 0 Å². The fourth-order valence-electron chi connectivity index (χ4n) is 4.51. The van der Waals surface area contributed by atoms with Crippen LogP contribution >= 0.6 is 0 Å². The van der Waals surface area contributed by atoms with Crippen molar-refractivity contribution in [1.29, 1.82) is 0 Å². The van der Waals surface area contributed by atoms with Gasteiger partial charge in [-0.1, -0.05) is 123 Å². The van der Waals surface area contributed by atoms with Crippen molar-refractivity contribution in [2.24, 2.45) is 0 Å². The van der Waals surface area contributed by atoms with Gasteiger partial charge < -0.3 is 0 Å². The van der Waals surface area contributed by atoms with Crippen molar-refractivity contribution in [3.63, 3.8) is 0 Å². The maximum Gasteiger partial charge on any atom is 0.392 e. The molecule has 0 rings (SSSR count). The summed E-state index contributed by atoms with van der Waals surface area (Å²) >= 11 is 0. The number of carbonyl (C=O) groups excluding carboxylic acids is 1. The third-order valence-electron chi connectivity index (χ3n) is 6.83. The first-order chi connectivity index (χ1) is 15.3. The third kappa shape index (κ3) is 17.7. The SMILES string of the molecule is C=C(C)C(=O)O[N+](C)(C)C(CCCCCCCCCCC)CCCCCCCCCCC. The third-order valence-corrected chi connectivity index (χ3v) is 6.83. The summed E-state index contributed by atoms with van der Waals surface area (Å²) < 4.78 is 0.333. The van der Waals surface area contributed by atoms with E-state index in [1.165, 1.54) is 116 Å². The van der Waals surface area contributed by atoms with Gasteiger partial charge >= 0.3 is 5.97 Å². The van der Waals surface area contributed by atoms with E-state index in [0.29, 0.717) is 16.3 Å². The van der Waals surface area contributed by atoms with Gasteiger partial charge in [0.1, 0.15) is 20.1 Å². The molecule has 32 heavy (non-hydrogen) atoms. The predicted octanol–water partition coefficient (Wildman–Crippen LogP) is 9.31. The Labute approximate surface area is 201 Å². The zero-order chi connectivity index (χ0) is 24.1. The molecular weight excluding hydrogens is 394 g/mol. The molecule has 3 nitrogen and oxygen atoms in total. The van der Waals surface area contributed by atoms with Crippen molar-refractivity contribution < 1.29 is 14.3 Å². The van der Waals surface area contributed by atoms with Gasteiger partial charge in [0.05, 0.1) is 0 Å². The van der Waals surface area contributed by atoms with Crippen LogP contribution < -0.4 is 0 Å². The summed E-state index contributed by atoms with van der Waals surface area (Å²) in [7, 11) is 4.10. The first kappa shape index (κ1) is 31.2. The Balaban J connectivity index is 4.29. The van der Waals surface area contributed by atoms with Gasteiger partial charge in [0.2, 0.25) is 0 Å². The number of rotatable bonds is 23. The molecular formula is C29H58NO2+. The smallest absolute Gasteiger partial charge is 0.272 e. The minimum absolute atomic E-state index is 0.265. The molecule has 0 saturated heterocycles. The lowest BCUT2D eigenvalue weighted by Crippen LogP contribution is -2.50. The Bertz CT molecular complexity index is 436. The van der Waals surface area contributed by atoms with Gasteiger partial charge in [0, 0.05) is 18.4 Å². The molecule has 0 aromatic carbocycles. The summed E-state index contributed by atoms with van der Waals surface area (Å²) in [5.41, 5.74) is 0.487. The molecule has 0 aliphatic carbocycles. The van der Waals surface area contributed by atoms with Crippen LogP contribution in [0.2, 0.25) is 0 Å². The average Bonchev–Trinajstić information content (AvgIpc) is 2.74. The lowest BCUT2D eigenvalue weighted by atomic mass is 9.98. The van der Waals surface area contributed by atoms with Crippen molar-refractivity contribution in [3.8, 4) is 0 Å². The Morgan fingerprint density at radius 3 is 1.28 bits per heavy atom. The molecule has 0 saturated carbocycles. The van der Waals surface area contributed by atoms with Gasteiger partial charge in [-0.3, -0.25) is 4.84 Å². The molecule has 190 valence electrons. The Morgan fingerprint density at radius 2 is 0.969 bits per heavy atom. The monoisotopic (exact) mass is 452 g/mol. The molecule has 3 heteroatoms. The van der Waals surface area contributed by atoms with Crippen molar-refractivity contribution in [2.75, 3.05) is 14.1 Å². The summed E-state index contributed by atoms with van der Waals surface area (Å²) in [6.45, 7) is 10.0. The summed E-state index contributed by atoms with van der Waals surface area (Å²) in [5.74, 6) is -0.265. The summed E-state index contributed by atoms with van der Waals surface area (Å²) in [6, 6.07) is 0.382. The second-order valence-electron chi connectivity index (χ2n) is 10.5. The molecule has 0 fully saturated rings. The molecule has 0 atom stereocenters. The van der Waals surface area contributed by atoms with Gasteiger partial charge in [0.25, 0.3) is 0 Å². The first-order valence-corrected chi connectivity index (χ1v) is 14.1. The van der Waals surface area contributed by atoms with Gasteiger partial charge in [-0.25, -0.2) is 4.79 Å². The van der Waals surface area contributed by atoms with Crippen LogP contribution in [0.25, 0.3) is 0 Å². The molecule has 0 unspecified atom stereocenters. The lowest BCUT2D eigenvalue weighted by Gasteiger charge is -2.34. The largest absolute Gasteiger partial charge is 0.392 e. The van der Waals surface area contributed by atoms with Crippen LogP contribution in [0.3, 0.4) is 0 Å². The maximum absolute atomic E-state index is 12.2. The molecule has 0 aliphatic heterocycles. The van der Waals surface area contributed by atoms with Crippen LogP contribution in [-0.4, -0.2) is 30.8 Å². The highest BCUT2D eigenvalue weighted by molar-refractivity contribution is 5.86. The highest BCUT2D eigenvalue weighted by atomic mass is 16.7. The molecule has 0 aromatic rings. The van der Waals surface area contributed by atoms with Crippen LogP contribution in [0, 0.1) is 0 Å². The van der Waals surface area contributed by atoms with Gasteiger partial charge in [-0.2, -0.15) is 0 Å². The molecule has 0 N–H and O–H groups in total. The van der Waals surface area contributed by atoms with E-state index < -0.39 is 0 Å². The molecule has 0 spiro atoms. The summed E-state index contributed by atoms with van der Waals surface area (Å²) in [5, 5.41) is 0.